The molecule has 0 unspecified atom stereocenters. The molecular weight excluding hydrogens is 621 g/mol. The van der Waals surface area contributed by atoms with Crippen molar-refractivity contribution in [1.82, 2.24) is 5.32 Å². The molecule has 0 spiro atoms. The molecule has 0 aliphatic rings. The van der Waals surface area contributed by atoms with Crippen molar-refractivity contribution in [2.45, 2.75) is 219 Å². The molecule has 2 atom stereocenters. The van der Waals surface area contributed by atoms with Crippen LogP contribution in [-0.4, -0.2) is 39.6 Å². The number of hydrogen-bond donors (Lipinski definition) is 4. The summed E-state index contributed by atoms with van der Waals surface area (Å²) in [4.78, 5) is 30.7. The average Bonchev–Trinajstić information content (AvgIpc) is 3.05. The third-order valence-electron chi connectivity index (χ3n) is 9.15. The zero-order valence-corrected chi connectivity index (χ0v) is 32.3. The molecule has 0 aromatic carbocycles. The maximum Gasteiger partial charge on any atom is 0.469 e. The van der Waals surface area contributed by atoms with E-state index >= 15 is 0 Å². The van der Waals surface area contributed by atoms with Crippen molar-refractivity contribution in [3.05, 3.63) is 24.3 Å². The Hall–Kier alpha value is -0.980. The van der Waals surface area contributed by atoms with Gasteiger partial charge in [-0.25, -0.2) is 4.57 Å². The highest BCUT2D eigenvalue weighted by Crippen LogP contribution is 2.35. The molecule has 0 aromatic rings. The second kappa shape index (κ2) is 35.8. The summed E-state index contributed by atoms with van der Waals surface area (Å²) in [5, 5.41) is 13.3. The van der Waals surface area contributed by atoms with E-state index in [0.29, 0.717) is 6.42 Å². The maximum atomic E-state index is 12.5. The Balaban J connectivity index is 3.82. The largest absolute Gasteiger partial charge is 0.469 e. The fraction of sp³-hybridized carbons (Fsp3) is 0.875. The predicted octanol–water partition coefficient (Wildman–Crippen LogP) is 11.8. The quantitative estimate of drug-likeness (QED) is 0.0291. The maximum absolute atomic E-state index is 12.5. The highest BCUT2D eigenvalue weighted by atomic mass is 31.2. The number of hydrogen-bond acceptors (Lipinski definition) is 4. The fourth-order valence-electron chi connectivity index (χ4n) is 6.04. The Morgan fingerprint density at radius 2 is 0.938 bits per heavy atom. The molecule has 0 saturated carbocycles. The summed E-state index contributed by atoms with van der Waals surface area (Å²) in [5.74, 6) is -0.228. The van der Waals surface area contributed by atoms with Crippen LogP contribution < -0.4 is 5.32 Å². The van der Waals surface area contributed by atoms with Gasteiger partial charge in [0.25, 0.3) is 0 Å². The lowest BCUT2D eigenvalue weighted by molar-refractivity contribution is -0.123. The van der Waals surface area contributed by atoms with Crippen molar-refractivity contribution in [1.29, 1.82) is 0 Å². The molecule has 8 heteroatoms. The van der Waals surface area contributed by atoms with E-state index in [0.717, 1.165) is 38.5 Å². The van der Waals surface area contributed by atoms with Crippen molar-refractivity contribution in [2.75, 3.05) is 6.61 Å². The molecule has 1 amide bonds. The van der Waals surface area contributed by atoms with Gasteiger partial charge in [0.15, 0.2) is 0 Å². The number of amides is 1. The van der Waals surface area contributed by atoms with E-state index in [4.69, 9.17) is 9.79 Å². The van der Waals surface area contributed by atoms with Crippen LogP contribution in [0.3, 0.4) is 0 Å². The van der Waals surface area contributed by atoms with E-state index < -0.39 is 26.6 Å². The molecular formula is C40H78NO6P. The van der Waals surface area contributed by atoms with Gasteiger partial charge in [-0.05, 0) is 44.9 Å². The van der Waals surface area contributed by atoms with E-state index in [1.807, 2.05) is 6.08 Å². The van der Waals surface area contributed by atoms with Gasteiger partial charge in [0.05, 0.1) is 18.8 Å². The van der Waals surface area contributed by atoms with E-state index in [9.17, 15) is 14.5 Å². The Kier molecular flexibility index (Phi) is 35.1. The van der Waals surface area contributed by atoms with Gasteiger partial charge in [-0.2, -0.15) is 0 Å². The number of carbonyl (C=O) groups excluding carboxylic acids is 1. The monoisotopic (exact) mass is 700 g/mol. The summed E-state index contributed by atoms with van der Waals surface area (Å²) >= 11 is 0. The standard InChI is InChI=1S/C40H78NO6P/c1-3-5-7-9-11-13-14-15-16-17-18-19-20-21-22-23-24-25-26-28-30-32-34-36-40(43)41-38(37-47-48(44,45)46)39(42)35-33-31-29-27-12-10-8-6-4-2/h15-16,33,35,38-39,42H,3-14,17-32,34,36-37H2,1-2H3,(H,41,43)(H2,44,45,46)/b16-15+,35-33+/t38-,39+/m0/s1. The first-order valence-corrected chi connectivity index (χ1v) is 21.8. The lowest BCUT2D eigenvalue weighted by Crippen LogP contribution is -2.45. The molecule has 7 nitrogen and oxygen atoms in total. The molecule has 0 heterocycles. The lowest BCUT2D eigenvalue weighted by Gasteiger charge is -2.22. The van der Waals surface area contributed by atoms with E-state index in [1.54, 1.807) is 6.08 Å². The highest BCUT2D eigenvalue weighted by Gasteiger charge is 2.24. The van der Waals surface area contributed by atoms with Crippen LogP contribution in [0.4, 0.5) is 0 Å². The molecule has 0 aliphatic carbocycles. The molecule has 0 radical (unpaired) electrons. The smallest absolute Gasteiger partial charge is 0.387 e. The third kappa shape index (κ3) is 36.3. The summed E-state index contributed by atoms with van der Waals surface area (Å²) in [7, 11) is -4.70. The van der Waals surface area contributed by atoms with Gasteiger partial charge in [-0.1, -0.05) is 179 Å². The minimum absolute atomic E-state index is 0.228. The topological polar surface area (TPSA) is 116 Å². The number of carbonyl (C=O) groups is 1. The fourth-order valence-corrected chi connectivity index (χ4v) is 6.40. The number of allylic oxidation sites excluding steroid dienone is 3. The zero-order valence-electron chi connectivity index (χ0n) is 31.4. The number of rotatable bonds is 37. The molecule has 0 fully saturated rings. The first-order valence-electron chi connectivity index (χ1n) is 20.3. The molecule has 0 bridgehead atoms. The Morgan fingerprint density at radius 1 is 0.583 bits per heavy atom. The van der Waals surface area contributed by atoms with Crippen LogP contribution in [-0.2, 0) is 13.9 Å². The zero-order chi connectivity index (χ0) is 35.4. The number of aliphatic hydroxyl groups is 1. The van der Waals surface area contributed by atoms with E-state index in [2.05, 4.69) is 35.8 Å². The number of phosphoric ester groups is 1. The van der Waals surface area contributed by atoms with Gasteiger partial charge in [0.1, 0.15) is 0 Å². The Bertz CT molecular complexity index is 799. The first kappa shape index (κ1) is 47.0. The predicted molar refractivity (Wildman–Crippen MR) is 204 cm³/mol. The highest BCUT2D eigenvalue weighted by molar-refractivity contribution is 7.46. The number of nitrogens with one attached hydrogen (secondary N) is 1. The molecule has 0 rings (SSSR count). The molecule has 0 aliphatic heterocycles. The summed E-state index contributed by atoms with van der Waals surface area (Å²) in [5.41, 5.74) is 0. The molecule has 0 saturated heterocycles. The number of unbranched alkanes of at least 4 members (excludes halogenated alkanes) is 26. The van der Waals surface area contributed by atoms with Crippen LogP contribution in [0, 0.1) is 0 Å². The van der Waals surface area contributed by atoms with Crippen LogP contribution in [0.15, 0.2) is 24.3 Å². The van der Waals surface area contributed by atoms with Gasteiger partial charge in [-0.15, -0.1) is 0 Å². The van der Waals surface area contributed by atoms with Gasteiger partial charge in [-0.3, -0.25) is 9.32 Å². The van der Waals surface area contributed by atoms with E-state index in [-0.39, 0.29) is 5.91 Å². The summed E-state index contributed by atoms with van der Waals surface area (Å²) < 4.78 is 15.8. The minimum atomic E-state index is -4.70. The number of aliphatic hydroxyl groups excluding tert-OH is 1. The van der Waals surface area contributed by atoms with Crippen molar-refractivity contribution in [3.8, 4) is 0 Å². The average molecular weight is 700 g/mol. The van der Waals surface area contributed by atoms with Crippen molar-refractivity contribution >= 4 is 13.7 Å². The van der Waals surface area contributed by atoms with Crippen LogP contribution in [0.1, 0.15) is 206 Å². The van der Waals surface area contributed by atoms with E-state index in [1.165, 1.54) is 148 Å². The molecule has 0 aromatic heterocycles. The second-order valence-corrected chi connectivity index (χ2v) is 15.2. The third-order valence-corrected chi connectivity index (χ3v) is 9.64. The van der Waals surface area contributed by atoms with Crippen LogP contribution >= 0.6 is 7.82 Å². The first-order chi connectivity index (χ1) is 23.3. The van der Waals surface area contributed by atoms with Crippen molar-refractivity contribution in [2.24, 2.45) is 0 Å². The summed E-state index contributed by atoms with van der Waals surface area (Å²) in [6.07, 6.45) is 43.6. The lowest BCUT2D eigenvalue weighted by atomic mass is 10.0. The van der Waals surface area contributed by atoms with Gasteiger partial charge in [0, 0.05) is 6.42 Å². The molecule has 4 N–H and O–H groups in total. The summed E-state index contributed by atoms with van der Waals surface area (Å²) in [6, 6.07) is -0.905. The Labute approximate surface area is 296 Å². The van der Waals surface area contributed by atoms with Crippen molar-refractivity contribution < 1.29 is 28.8 Å². The van der Waals surface area contributed by atoms with Gasteiger partial charge >= 0.3 is 7.82 Å². The van der Waals surface area contributed by atoms with Crippen LogP contribution in [0.25, 0.3) is 0 Å². The van der Waals surface area contributed by atoms with Gasteiger partial charge < -0.3 is 20.2 Å². The molecule has 284 valence electrons. The normalized spacial score (nSPS) is 13.5. The second-order valence-electron chi connectivity index (χ2n) is 14.0. The number of phosphoric acid groups is 1. The van der Waals surface area contributed by atoms with Crippen LogP contribution in [0.2, 0.25) is 0 Å². The minimum Gasteiger partial charge on any atom is -0.387 e. The Morgan fingerprint density at radius 3 is 1.33 bits per heavy atom. The van der Waals surface area contributed by atoms with Gasteiger partial charge in [0.2, 0.25) is 5.91 Å². The van der Waals surface area contributed by atoms with Crippen molar-refractivity contribution in [3.63, 3.8) is 0 Å². The summed E-state index contributed by atoms with van der Waals surface area (Å²) in [6.45, 7) is 4.03. The molecule has 48 heavy (non-hydrogen) atoms. The van der Waals surface area contributed by atoms with Crippen LogP contribution in [0.5, 0.6) is 0 Å². The SMILES string of the molecule is CCCCCCCC/C=C/CCCCCCCCCCCCCCCC(=O)N[C@@H](COP(=O)(O)O)[C@H](O)/C=C/CCCCCCCCC.